The Hall–Kier alpha value is -2.22. The molecule has 0 fully saturated rings. The molecular formula is C17H13Cl2N3O3S. The second kappa shape index (κ2) is 8.44. The van der Waals surface area contributed by atoms with Crippen LogP contribution in [0.5, 0.6) is 5.75 Å². The van der Waals surface area contributed by atoms with E-state index in [4.69, 9.17) is 32.4 Å². The van der Waals surface area contributed by atoms with Gasteiger partial charge in [-0.2, -0.15) is 0 Å². The Labute approximate surface area is 163 Å². The van der Waals surface area contributed by atoms with Crippen molar-refractivity contribution < 1.29 is 13.9 Å². The first-order chi connectivity index (χ1) is 12.6. The van der Waals surface area contributed by atoms with Crippen molar-refractivity contribution in [3.8, 4) is 17.2 Å². The van der Waals surface area contributed by atoms with Crippen molar-refractivity contribution in [2.75, 3.05) is 18.2 Å². The molecule has 1 aromatic heterocycles. The summed E-state index contributed by atoms with van der Waals surface area (Å²) in [5.74, 6) is 0.722. The van der Waals surface area contributed by atoms with Crippen LogP contribution >= 0.6 is 35.0 Å². The van der Waals surface area contributed by atoms with Gasteiger partial charge in [0.25, 0.3) is 5.22 Å². The molecule has 0 aliphatic rings. The molecule has 0 saturated heterocycles. The molecule has 26 heavy (non-hydrogen) atoms. The molecule has 0 radical (unpaired) electrons. The van der Waals surface area contributed by atoms with E-state index in [0.29, 0.717) is 32.9 Å². The molecule has 2 aromatic carbocycles. The number of halogens is 2. The highest BCUT2D eigenvalue weighted by Crippen LogP contribution is 2.29. The fourth-order valence-electron chi connectivity index (χ4n) is 2.08. The summed E-state index contributed by atoms with van der Waals surface area (Å²) in [4.78, 5) is 12.1. The third-order valence-corrected chi connectivity index (χ3v) is 4.72. The summed E-state index contributed by atoms with van der Waals surface area (Å²) in [5, 5.41) is 11.8. The van der Waals surface area contributed by atoms with E-state index in [-0.39, 0.29) is 16.9 Å². The molecule has 0 unspecified atom stereocenters. The van der Waals surface area contributed by atoms with Crippen molar-refractivity contribution in [3.63, 3.8) is 0 Å². The van der Waals surface area contributed by atoms with Crippen LogP contribution < -0.4 is 10.1 Å². The van der Waals surface area contributed by atoms with Crippen LogP contribution in [0.3, 0.4) is 0 Å². The molecule has 0 aliphatic heterocycles. The highest BCUT2D eigenvalue weighted by molar-refractivity contribution is 7.99. The zero-order valence-corrected chi connectivity index (χ0v) is 15.9. The Morgan fingerprint density at radius 3 is 2.73 bits per heavy atom. The first-order valence-corrected chi connectivity index (χ1v) is 9.15. The molecular weight excluding hydrogens is 397 g/mol. The maximum atomic E-state index is 12.1. The lowest BCUT2D eigenvalue weighted by molar-refractivity contribution is -0.113. The van der Waals surface area contributed by atoms with Crippen LogP contribution in [-0.2, 0) is 4.79 Å². The van der Waals surface area contributed by atoms with Gasteiger partial charge in [-0.1, -0.05) is 47.1 Å². The molecule has 1 N–H and O–H groups in total. The fraction of sp³-hybridized carbons (Fsp3) is 0.118. The summed E-state index contributed by atoms with van der Waals surface area (Å²) in [6.07, 6.45) is 0. The van der Waals surface area contributed by atoms with Gasteiger partial charge in [0, 0.05) is 5.69 Å². The third kappa shape index (κ3) is 4.49. The molecule has 0 spiro atoms. The Balaban J connectivity index is 1.58. The Kier molecular flexibility index (Phi) is 6.03. The van der Waals surface area contributed by atoms with Gasteiger partial charge in [0.2, 0.25) is 11.8 Å². The minimum Gasteiger partial charge on any atom is -0.495 e. The number of hydrogen-bond acceptors (Lipinski definition) is 6. The fourth-order valence-corrected chi connectivity index (χ4v) is 3.12. The number of carbonyl (C=O) groups excluding carboxylic acids is 1. The Morgan fingerprint density at radius 2 is 2.00 bits per heavy atom. The number of amides is 1. The number of methoxy groups -OCH3 is 1. The average Bonchev–Trinajstić information content (AvgIpc) is 3.09. The number of nitrogens with zero attached hydrogens (tertiary/aromatic N) is 2. The van der Waals surface area contributed by atoms with Gasteiger partial charge in [0.1, 0.15) is 5.75 Å². The van der Waals surface area contributed by atoms with E-state index in [9.17, 15) is 4.79 Å². The van der Waals surface area contributed by atoms with Gasteiger partial charge in [-0.15, -0.1) is 10.2 Å². The maximum Gasteiger partial charge on any atom is 0.277 e. The zero-order chi connectivity index (χ0) is 18.5. The predicted molar refractivity (Wildman–Crippen MR) is 102 cm³/mol. The standard InChI is InChI=1S/C17H13Cl2N3O3S/c1-24-14-7-6-10(8-13(14)19)20-15(23)9-26-17-22-21-16(25-17)11-4-2-3-5-12(11)18/h2-8H,9H2,1H3,(H,20,23). The van der Waals surface area contributed by atoms with Crippen molar-refractivity contribution >= 4 is 46.6 Å². The van der Waals surface area contributed by atoms with Gasteiger partial charge in [-0.25, -0.2) is 0 Å². The SMILES string of the molecule is COc1ccc(NC(=O)CSc2nnc(-c3ccccc3Cl)o2)cc1Cl. The number of anilines is 1. The van der Waals surface area contributed by atoms with Gasteiger partial charge in [0.15, 0.2) is 0 Å². The van der Waals surface area contributed by atoms with Crippen LogP contribution in [0.1, 0.15) is 0 Å². The summed E-state index contributed by atoms with van der Waals surface area (Å²) < 4.78 is 10.6. The van der Waals surface area contributed by atoms with E-state index in [2.05, 4.69) is 15.5 Å². The molecule has 6 nitrogen and oxygen atoms in total. The number of thioether (sulfide) groups is 1. The van der Waals surface area contributed by atoms with E-state index in [1.165, 1.54) is 7.11 Å². The normalized spacial score (nSPS) is 10.6. The van der Waals surface area contributed by atoms with E-state index in [0.717, 1.165) is 11.8 Å². The van der Waals surface area contributed by atoms with Crippen LogP contribution in [0.4, 0.5) is 5.69 Å². The lowest BCUT2D eigenvalue weighted by atomic mass is 10.2. The minimum atomic E-state index is -0.228. The number of aromatic nitrogens is 2. The second-order valence-corrected chi connectivity index (χ2v) is 6.78. The van der Waals surface area contributed by atoms with Crippen molar-refractivity contribution in [3.05, 3.63) is 52.5 Å². The summed E-state index contributed by atoms with van der Waals surface area (Å²) in [6, 6.07) is 12.2. The highest BCUT2D eigenvalue weighted by Gasteiger charge is 2.13. The van der Waals surface area contributed by atoms with Crippen LogP contribution in [0.25, 0.3) is 11.5 Å². The molecule has 0 aliphatic carbocycles. The van der Waals surface area contributed by atoms with Crippen molar-refractivity contribution in [2.45, 2.75) is 5.22 Å². The molecule has 1 amide bonds. The van der Waals surface area contributed by atoms with E-state index >= 15 is 0 Å². The van der Waals surface area contributed by atoms with Gasteiger partial charge < -0.3 is 14.5 Å². The van der Waals surface area contributed by atoms with Gasteiger partial charge in [-0.3, -0.25) is 4.79 Å². The van der Waals surface area contributed by atoms with Crippen molar-refractivity contribution in [1.29, 1.82) is 0 Å². The Bertz CT molecular complexity index is 933. The first-order valence-electron chi connectivity index (χ1n) is 7.41. The van der Waals surface area contributed by atoms with Crippen LogP contribution in [0.2, 0.25) is 10.0 Å². The average molecular weight is 410 g/mol. The molecule has 1 heterocycles. The minimum absolute atomic E-state index is 0.105. The third-order valence-electron chi connectivity index (χ3n) is 3.27. The monoisotopic (exact) mass is 409 g/mol. The number of hydrogen-bond donors (Lipinski definition) is 1. The lowest BCUT2D eigenvalue weighted by Crippen LogP contribution is -2.14. The Morgan fingerprint density at radius 1 is 1.19 bits per heavy atom. The first kappa shape index (κ1) is 18.6. The molecule has 0 bridgehead atoms. The molecule has 3 aromatic rings. The summed E-state index contributed by atoms with van der Waals surface area (Å²) >= 11 is 13.3. The topological polar surface area (TPSA) is 77.2 Å². The number of ether oxygens (including phenoxy) is 1. The van der Waals surface area contributed by atoms with E-state index in [1.807, 2.05) is 12.1 Å². The van der Waals surface area contributed by atoms with E-state index in [1.54, 1.807) is 30.3 Å². The summed E-state index contributed by atoms with van der Waals surface area (Å²) in [7, 11) is 1.53. The van der Waals surface area contributed by atoms with Crippen LogP contribution in [0, 0.1) is 0 Å². The summed E-state index contributed by atoms with van der Waals surface area (Å²) in [6.45, 7) is 0. The van der Waals surface area contributed by atoms with Crippen molar-refractivity contribution in [2.24, 2.45) is 0 Å². The molecule has 134 valence electrons. The molecule has 9 heteroatoms. The van der Waals surface area contributed by atoms with Crippen LogP contribution in [-0.4, -0.2) is 29.0 Å². The lowest BCUT2D eigenvalue weighted by Gasteiger charge is -2.07. The molecule has 0 atom stereocenters. The van der Waals surface area contributed by atoms with Gasteiger partial charge in [0.05, 0.1) is 28.5 Å². The number of nitrogens with one attached hydrogen (secondary N) is 1. The smallest absolute Gasteiger partial charge is 0.277 e. The molecule has 0 saturated carbocycles. The maximum absolute atomic E-state index is 12.1. The number of benzene rings is 2. The molecule has 3 rings (SSSR count). The van der Waals surface area contributed by atoms with E-state index < -0.39 is 0 Å². The summed E-state index contributed by atoms with van der Waals surface area (Å²) in [5.41, 5.74) is 1.22. The second-order valence-electron chi connectivity index (χ2n) is 5.04. The van der Waals surface area contributed by atoms with Gasteiger partial charge in [-0.05, 0) is 30.3 Å². The number of rotatable bonds is 6. The largest absolute Gasteiger partial charge is 0.495 e. The van der Waals surface area contributed by atoms with Gasteiger partial charge >= 0.3 is 0 Å². The zero-order valence-electron chi connectivity index (χ0n) is 13.5. The van der Waals surface area contributed by atoms with Crippen LogP contribution in [0.15, 0.2) is 52.1 Å². The highest BCUT2D eigenvalue weighted by atomic mass is 35.5. The predicted octanol–water partition coefficient (Wildman–Crippen LogP) is 4.78. The van der Waals surface area contributed by atoms with Crippen molar-refractivity contribution in [1.82, 2.24) is 10.2 Å². The quantitative estimate of drug-likeness (QED) is 0.590. The number of carbonyl (C=O) groups is 1.